The lowest BCUT2D eigenvalue weighted by molar-refractivity contribution is -0.154. The van der Waals surface area contributed by atoms with Gasteiger partial charge in [-0.3, -0.25) is 0 Å². The van der Waals surface area contributed by atoms with Crippen molar-refractivity contribution in [3.05, 3.63) is 12.2 Å². The third kappa shape index (κ3) is 2.50. The molecule has 0 N–H and O–H groups in total. The molecule has 5 rings (SSSR count). The van der Waals surface area contributed by atoms with Crippen LogP contribution in [0.2, 0.25) is 0 Å². The third-order valence-electron chi connectivity index (χ3n) is 10.0. The minimum atomic E-state index is 0.443. The van der Waals surface area contributed by atoms with Crippen LogP contribution in [0, 0.1) is 40.4 Å². The second-order valence-electron chi connectivity index (χ2n) is 10.6. The van der Waals surface area contributed by atoms with Crippen LogP contribution < -0.4 is 0 Å². The Morgan fingerprint density at radius 3 is 2.69 bits per heavy atom. The molecule has 5 aliphatic rings. The third-order valence-corrected chi connectivity index (χ3v) is 10.0. The zero-order chi connectivity index (χ0) is 17.8. The van der Waals surface area contributed by atoms with E-state index in [1.165, 1.54) is 70.6 Å². The van der Waals surface area contributed by atoms with Crippen LogP contribution in [0.5, 0.6) is 0 Å². The van der Waals surface area contributed by atoms with Crippen LogP contribution in [0.4, 0.5) is 0 Å². The molecule has 0 heterocycles. The van der Waals surface area contributed by atoms with E-state index in [2.05, 4.69) is 19.1 Å². The smallest absolute Gasteiger partial charge is 0.146 e. The van der Waals surface area contributed by atoms with Gasteiger partial charge in [0.25, 0.3) is 0 Å². The highest BCUT2D eigenvalue weighted by atomic mass is 16.7. The van der Waals surface area contributed by atoms with Crippen LogP contribution in [0.3, 0.4) is 0 Å². The first-order chi connectivity index (χ1) is 12.7. The Hall–Kier alpha value is -0.340. The van der Waals surface area contributed by atoms with E-state index in [0.717, 1.165) is 29.6 Å². The Balaban J connectivity index is 1.35. The average Bonchev–Trinajstić information content (AvgIpc) is 3.06. The molecule has 5 aliphatic carbocycles. The van der Waals surface area contributed by atoms with E-state index in [4.69, 9.17) is 9.47 Å². The fourth-order valence-electron chi connectivity index (χ4n) is 8.79. The highest BCUT2D eigenvalue weighted by molar-refractivity contribution is 5.14. The van der Waals surface area contributed by atoms with Crippen LogP contribution in [0.1, 0.15) is 77.6 Å². The summed E-state index contributed by atoms with van der Waals surface area (Å²) in [6.07, 6.45) is 21.2. The van der Waals surface area contributed by atoms with Gasteiger partial charge in [-0.05, 0) is 111 Å². The monoisotopic (exact) mass is 358 g/mol. The van der Waals surface area contributed by atoms with Crippen molar-refractivity contribution < 1.29 is 9.47 Å². The number of ether oxygens (including phenoxy) is 2. The zero-order valence-electron chi connectivity index (χ0n) is 16.9. The summed E-state index contributed by atoms with van der Waals surface area (Å²) in [7, 11) is 1.74. The maximum absolute atomic E-state index is 5.97. The molecular weight excluding hydrogens is 320 g/mol. The predicted molar refractivity (Wildman–Crippen MR) is 105 cm³/mol. The molecular formula is C24H38O2. The van der Waals surface area contributed by atoms with Crippen molar-refractivity contribution in [1.82, 2.24) is 0 Å². The minimum absolute atomic E-state index is 0.443. The Labute approximate surface area is 160 Å². The van der Waals surface area contributed by atoms with Crippen LogP contribution in [0.25, 0.3) is 0 Å². The van der Waals surface area contributed by atoms with E-state index >= 15 is 0 Å². The zero-order valence-corrected chi connectivity index (χ0v) is 16.9. The first-order valence-electron chi connectivity index (χ1n) is 11.4. The quantitative estimate of drug-likeness (QED) is 0.457. The van der Waals surface area contributed by atoms with Crippen LogP contribution >= 0.6 is 0 Å². The number of fused-ring (bicyclic) bond motifs is 4. The molecule has 4 saturated carbocycles. The topological polar surface area (TPSA) is 18.5 Å². The van der Waals surface area contributed by atoms with Gasteiger partial charge in [-0.1, -0.05) is 19.1 Å². The van der Waals surface area contributed by atoms with Crippen molar-refractivity contribution in [2.75, 3.05) is 13.9 Å². The van der Waals surface area contributed by atoms with E-state index in [0.29, 0.717) is 23.7 Å². The molecule has 1 spiro atoms. The summed E-state index contributed by atoms with van der Waals surface area (Å²) in [5.74, 6) is 4.96. The first-order valence-corrected chi connectivity index (χ1v) is 11.4. The minimum Gasteiger partial charge on any atom is -0.359 e. The van der Waals surface area contributed by atoms with Crippen molar-refractivity contribution in [2.45, 2.75) is 83.7 Å². The normalized spacial score (nSPS) is 52.7. The van der Waals surface area contributed by atoms with Crippen LogP contribution in [-0.2, 0) is 9.47 Å². The number of rotatable bonds is 3. The van der Waals surface area contributed by atoms with E-state index < -0.39 is 0 Å². The summed E-state index contributed by atoms with van der Waals surface area (Å²) < 4.78 is 11.1. The molecule has 0 saturated heterocycles. The lowest BCUT2D eigenvalue weighted by Gasteiger charge is -2.62. The van der Waals surface area contributed by atoms with Crippen molar-refractivity contribution in [3.63, 3.8) is 0 Å². The molecule has 0 aromatic rings. The summed E-state index contributed by atoms with van der Waals surface area (Å²) in [6.45, 7) is 3.14. The summed E-state index contributed by atoms with van der Waals surface area (Å²) in [5.41, 5.74) is 1.29. The molecule has 0 bridgehead atoms. The second-order valence-corrected chi connectivity index (χ2v) is 10.6. The summed E-state index contributed by atoms with van der Waals surface area (Å²) in [6, 6.07) is 0. The van der Waals surface area contributed by atoms with E-state index in [1.54, 1.807) is 7.11 Å². The molecule has 8 atom stereocenters. The number of allylic oxidation sites excluding steroid dienone is 2. The van der Waals surface area contributed by atoms with Gasteiger partial charge < -0.3 is 9.47 Å². The molecule has 4 fully saturated rings. The van der Waals surface area contributed by atoms with Crippen LogP contribution in [0.15, 0.2) is 12.2 Å². The van der Waals surface area contributed by atoms with Gasteiger partial charge in [-0.15, -0.1) is 0 Å². The molecule has 2 nitrogen and oxygen atoms in total. The Morgan fingerprint density at radius 1 is 0.923 bits per heavy atom. The molecule has 0 amide bonds. The SMILES string of the molecule is COCO[C@@H]1CC[C@@]2(C)[C@@H](CC[C@@H]3[C@@H]2CC[C@@]24CC=CC[C@H]2CC[C@@H]34)C1. The largest absolute Gasteiger partial charge is 0.359 e. The van der Waals surface area contributed by atoms with Crippen molar-refractivity contribution in [2.24, 2.45) is 40.4 Å². The summed E-state index contributed by atoms with van der Waals surface area (Å²) >= 11 is 0. The average molecular weight is 359 g/mol. The Bertz CT molecular complexity index is 556. The standard InChI is InChI=1S/C24H38O2/c1-23-13-10-19(26-16-25-2)15-18(23)6-8-20-21(23)11-14-24-12-4-3-5-17(24)7-9-22(20)24/h3-4,17-22H,5-16H2,1-2H3/t17-,18-,19+,20+,21-,22-,23-,24-/m0/s1. The van der Waals surface area contributed by atoms with Gasteiger partial charge >= 0.3 is 0 Å². The van der Waals surface area contributed by atoms with Gasteiger partial charge in [0.2, 0.25) is 0 Å². The number of methoxy groups -OCH3 is 1. The predicted octanol–water partition coefficient (Wildman–Crippen LogP) is 5.96. The highest BCUT2D eigenvalue weighted by Crippen LogP contribution is 2.69. The van der Waals surface area contributed by atoms with E-state index in [-0.39, 0.29) is 0 Å². The first kappa shape index (κ1) is 17.7. The Morgan fingerprint density at radius 2 is 1.81 bits per heavy atom. The van der Waals surface area contributed by atoms with Gasteiger partial charge in [-0.2, -0.15) is 0 Å². The van der Waals surface area contributed by atoms with Crippen LogP contribution in [-0.4, -0.2) is 20.0 Å². The summed E-state index contributed by atoms with van der Waals surface area (Å²) in [4.78, 5) is 0. The highest BCUT2D eigenvalue weighted by Gasteiger charge is 2.61. The lowest BCUT2D eigenvalue weighted by Crippen LogP contribution is -2.54. The fourth-order valence-corrected chi connectivity index (χ4v) is 8.79. The lowest BCUT2D eigenvalue weighted by atomic mass is 9.43. The van der Waals surface area contributed by atoms with Crippen molar-refractivity contribution in [1.29, 1.82) is 0 Å². The van der Waals surface area contributed by atoms with Gasteiger partial charge in [0.15, 0.2) is 0 Å². The van der Waals surface area contributed by atoms with Gasteiger partial charge in [0, 0.05) is 7.11 Å². The molecule has 26 heavy (non-hydrogen) atoms. The van der Waals surface area contributed by atoms with Gasteiger partial charge in [0.1, 0.15) is 6.79 Å². The summed E-state index contributed by atoms with van der Waals surface area (Å²) in [5, 5.41) is 0. The van der Waals surface area contributed by atoms with E-state index in [9.17, 15) is 0 Å². The molecule has 0 aromatic heterocycles. The molecule has 0 aromatic carbocycles. The van der Waals surface area contributed by atoms with Crippen molar-refractivity contribution >= 4 is 0 Å². The maximum Gasteiger partial charge on any atom is 0.146 e. The van der Waals surface area contributed by atoms with Gasteiger partial charge in [-0.25, -0.2) is 0 Å². The molecule has 0 aliphatic heterocycles. The van der Waals surface area contributed by atoms with E-state index in [1.807, 2.05) is 0 Å². The maximum atomic E-state index is 5.97. The number of hydrogen-bond donors (Lipinski definition) is 0. The molecule has 0 radical (unpaired) electrons. The van der Waals surface area contributed by atoms with Gasteiger partial charge in [0.05, 0.1) is 6.10 Å². The second kappa shape index (κ2) is 6.62. The van der Waals surface area contributed by atoms with Crippen molar-refractivity contribution in [3.8, 4) is 0 Å². The Kier molecular flexibility index (Phi) is 4.52. The molecule has 0 unspecified atom stereocenters. The molecule has 146 valence electrons. The number of hydrogen-bond acceptors (Lipinski definition) is 2. The molecule has 2 heteroatoms. The fraction of sp³-hybridized carbons (Fsp3) is 0.917.